The van der Waals surface area contributed by atoms with Crippen LogP contribution in [0.3, 0.4) is 0 Å². The summed E-state index contributed by atoms with van der Waals surface area (Å²) in [6.07, 6.45) is -0.191. The summed E-state index contributed by atoms with van der Waals surface area (Å²) in [4.78, 5) is 28.1. The summed E-state index contributed by atoms with van der Waals surface area (Å²) >= 11 is 1.27. The number of aliphatic carboxylic acids is 1. The maximum Gasteiger partial charge on any atom is 0.343 e. The molecule has 8 heteroatoms. The summed E-state index contributed by atoms with van der Waals surface area (Å²) in [5, 5.41) is 11.0. The Morgan fingerprint density at radius 3 is 3.00 bits per heavy atom. The highest BCUT2D eigenvalue weighted by Crippen LogP contribution is 2.27. The first-order valence-corrected chi connectivity index (χ1v) is 6.49. The van der Waals surface area contributed by atoms with Crippen molar-refractivity contribution in [3.8, 4) is 0 Å². The molecule has 0 aliphatic carbocycles. The van der Waals surface area contributed by atoms with Gasteiger partial charge in [-0.3, -0.25) is 4.79 Å². The van der Waals surface area contributed by atoms with Gasteiger partial charge in [-0.25, -0.2) is 14.2 Å². The fourth-order valence-corrected chi connectivity index (χ4v) is 2.62. The van der Waals surface area contributed by atoms with Crippen molar-refractivity contribution >= 4 is 23.2 Å². The van der Waals surface area contributed by atoms with Crippen molar-refractivity contribution in [1.82, 2.24) is 9.88 Å². The van der Waals surface area contributed by atoms with Crippen LogP contribution >= 0.6 is 11.3 Å². The number of carbonyl (C=O) groups is 2. The second kappa shape index (κ2) is 5.22. The van der Waals surface area contributed by atoms with Crippen molar-refractivity contribution in [1.29, 1.82) is 0 Å². The number of hydrogen-bond donors (Lipinski definition) is 1. The van der Waals surface area contributed by atoms with Crippen LogP contribution in [0.2, 0.25) is 0 Å². The van der Waals surface area contributed by atoms with E-state index in [1.54, 1.807) is 5.38 Å². The van der Waals surface area contributed by atoms with Gasteiger partial charge in [0, 0.05) is 25.5 Å². The van der Waals surface area contributed by atoms with Gasteiger partial charge in [-0.15, -0.1) is 11.3 Å². The number of likely N-dealkylation sites (tertiary alicyclic amines) is 1. The molecule has 0 aromatic carbocycles. The second-order valence-corrected chi connectivity index (χ2v) is 5.25. The molecule has 2 heterocycles. The molecule has 2 rings (SSSR count). The van der Waals surface area contributed by atoms with E-state index in [1.165, 1.54) is 23.3 Å². The van der Waals surface area contributed by atoms with Crippen molar-refractivity contribution in [3.63, 3.8) is 0 Å². The number of carbonyl (C=O) groups excluding carboxylic acids is 1. The molecule has 1 aromatic heterocycles. The number of ether oxygens (including phenoxy) is 1. The molecule has 1 N–H and O–H groups in total. The topological polar surface area (TPSA) is 79.7 Å². The molecule has 0 spiro atoms. The van der Waals surface area contributed by atoms with Crippen molar-refractivity contribution in [2.45, 2.75) is 18.7 Å². The SMILES string of the molecule is COCc1nc(C(=O)N2CCC(F)(C(=O)O)C2)cs1. The lowest BCUT2D eigenvalue weighted by Gasteiger charge is -2.16. The minimum atomic E-state index is -2.35. The minimum Gasteiger partial charge on any atom is -0.479 e. The van der Waals surface area contributed by atoms with Crippen LogP contribution in [0.25, 0.3) is 0 Å². The number of aromatic nitrogens is 1. The van der Waals surface area contributed by atoms with Gasteiger partial charge in [-0.05, 0) is 0 Å². The predicted octanol–water partition coefficient (Wildman–Crippen LogP) is 0.928. The van der Waals surface area contributed by atoms with Crippen LogP contribution in [0.4, 0.5) is 4.39 Å². The lowest BCUT2D eigenvalue weighted by Crippen LogP contribution is -2.39. The van der Waals surface area contributed by atoms with Crippen molar-refractivity contribution in [3.05, 3.63) is 16.1 Å². The van der Waals surface area contributed by atoms with E-state index in [2.05, 4.69) is 4.98 Å². The molecule has 1 atom stereocenters. The molecule has 0 radical (unpaired) electrons. The van der Waals surface area contributed by atoms with Crippen molar-refractivity contribution in [2.24, 2.45) is 0 Å². The van der Waals surface area contributed by atoms with Gasteiger partial charge < -0.3 is 14.7 Å². The van der Waals surface area contributed by atoms with Gasteiger partial charge in [0.1, 0.15) is 10.7 Å². The first kappa shape index (κ1) is 13.9. The number of rotatable bonds is 4. The molecule has 1 fully saturated rings. The van der Waals surface area contributed by atoms with E-state index in [-0.39, 0.29) is 18.7 Å². The molecule has 1 aliphatic heterocycles. The van der Waals surface area contributed by atoms with E-state index < -0.39 is 24.1 Å². The number of carboxylic acids is 1. The fourth-order valence-electron chi connectivity index (χ4n) is 1.88. The number of amides is 1. The zero-order chi connectivity index (χ0) is 14.0. The lowest BCUT2D eigenvalue weighted by atomic mass is 10.1. The molecule has 19 heavy (non-hydrogen) atoms. The Kier molecular flexibility index (Phi) is 3.81. The molecule has 1 aromatic rings. The van der Waals surface area contributed by atoms with Crippen LogP contribution in [-0.2, 0) is 16.1 Å². The van der Waals surface area contributed by atoms with Crippen LogP contribution in [0.15, 0.2) is 5.38 Å². The van der Waals surface area contributed by atoms with Crippen LogP contribution in [0, 0.1) is 0 Å². The Morgan fingerprint density at radius 2 is 2.42 bits per heavy atom. The molecule has 0 saturated carbocycles. The summed E-state index contributed by atoms with van der Waals surface area (Å²) in [5.74, 6) is -1.97. The average molecular weight is 288 g/mol. The van der Waals surface area contributed by atoms with Crippen LogP contribution in [0.5, 0.6) is 0 Å². The average Bonchev–Trinajstić information content (AvgIpc) is 2.97. The zero-order valence-corrected chi connectivity index (χ0v) is 11.1. The molecular weight excluding hydrogens is 275 g/mol. The molecule has 0 bridgehead atoms. The highest BCUT2D eigenvalue weighted by Gasteiger charge is 2.47. The monoisotopic (exact) mass is 288 g/mol. The molecule has 6 nitrogen and oxygen atoms in total. The molecule has 1 amide bonds. The summed E-state index contributed by atoms with van der Waals surface area (Å²) in [7, 11) is 1.52. The minimum absolute atomic E-state index is 0.0821. The van der Waals surface area contributed by atoms with Crippen molar-refractivity contribution in [2.75, 3.05) is 20.2 Å². The largest absolute Gasteiger partial charge is 0.479 e. The van der Waals surface area contributed by atoms with Crippen molar-refractivity contribution < 1.29 is 23.8 Å². The lowest BCUT2D eigenvalue weighted by molar-refractivity contribution is -0.149. The van der Waals surface area contributed by atoms with Gasteiger partial charge in [0.15, 0.2) is 0 Å². The number of nitrogens with zero attached hydrogens (tertiary/aromatic N) is 2. The normalized spacial score (nSPS) is 22.7. The summed E-state index contributed by atoms with van der Waals surface area (Å²) in [6, 6.07) is 0. The van der Waals surface area contributed by atoms with Gasteiger partial charge in [-0.2, -0.15) is 0 Å². The van der Waals surface area contributed by atoms with Gasteiger partial charge in [0.2, 0.25) is 5.67 Å². The second-order valence-electron chi connectivity index (χ2n) is 4.31. The van der Waals surface area contributed by atoms with Gasteiger partial charge in [0.25, 0.3) is 5.91 Å². The van der Waals surface area contributed by atoms with Gasteiger partial charge in [-0.1, -0.05) is 0 Å². The fraction of sp³-hybridized carbons (Fsp3) is 0.545. The quantitative estimate of drug-likeness (QED) is 0.891. The van der Waals surface area contributed by atoms with Crippen LogP contribution < -0.4 is 0 Å². The third-order valence-corrected chi connectivity index (χ3v) is 3.75. The third kappa shape index (κ3) is 2.74. The Hall–Kier alpha value is -1.54. The van der Waals surface area contributed by atoms with E-state index in [4.69, 9.17) is 9.84 Å². The van der Waals surface area contributed by atoms with Gasteiger partial charge in [0.05, 0.1) is 13.2 Å². The van der Waals surface area contributed by atoms with Gasteiger partial charge >= 0.3 is 5.97 Å². The summed E-state index contributed by atoms with van der Waals surface area (Å²) in [5.41, 5.74) is -2.15. The third-order valence-electron chi connectivity index (χ3n) is 2.93. The highest BCUT2D eigenvalue weighted by atomic mass is 32.1. The van der Waals surface area contributed by atoms with E-state index in [0.717, 1.165) is 0 Å². The Bertz CT molecular complexity index is 507. The van der Waals surface area contributed by atoms with E-state index >= 15 is 0 Å². The highest BCUT2D eigenvalue weighted by molar-refractivity contribution is 7.09. The molecule has 1 unspecified atom stereocenters. The van der Waals surface area contributed by atoms with Crippen LogP contribution in [0.1, 0.15) is 21.9 Å². The smallest absolute Gasteiger partial charge is 0.343 e. The zero-order valence-electron chi connectivity index (χ0n) is 10.3. The maximum absolute atomic E-state index is 13.9. The number of thiazole rings is 1. The number of hydrogen-bond acceptors (Lipinski definition) is 5. The summed E-state index contributed by atoms with van der Waals surface area (Å²) in [6.45, 7) is -0.0444. The first-order valence-electron chi connectivity index (χ1n) is 5.61. The molecule has 1 aliphatic rings. The molecule has 1 saturated heterocycles. The Labute approximate surface area is 112 Å². The van der Waals surface area contributed by atoms with E-state index in [9.17, 15) is 14.0 Å². The standard InChI is InChI=1S/C11H13FN2O4S/c1-18-4-8-13-7(5-19-8)9(15)14-3-2-11(12,6-14)10(16)17/h5H,2-4,6H2,1H3,(H,16,17). The summed E-state index contributed by atoms with van der Waals surface area (Å²) < 4.78 is 18.8. The number of methoxy groups -OCH3 is 1. The Morgan fingerprint density at radius 1 is 1.68 bits per heavy atom. The molecular formula is C11H13FN2O4S. The predicted molar refractivity (Wildman–Crippen MR) is 64.8 cm³/mol. The number of alkyl halides is 1. The molecule has 104 valence electrons. The maximum atomic E-state index is 13.9. The first-order chi connectivity index (χ1) is 8.96. The number of carboxylic acid groups (broad SMARTS) is 1. The Balaban J connectivity index is 2.06. The van der Waals surface area contributed by atoms with E-state index in [1.807, 2.05) is 0 Å². The van der Waals surface area contributed by atoms with Crippen LogP contribution in [-0.4, -0.2) is 52.7 Å². The number of halogens is 1. The van der Waals surface area contributed by atoms with E-state index in [0.29, 0.717) is 11.6 Å².